The number of nitrogens with two attached hydrogens (primary N) is 1. The molecule has 0 bridgehead atoms. The number of aliphatic imine (C=N–C) groups is 1. The number of nitrogens with zero attached hydrogens (tertiary/aromatic N) is 2. The predicted molar refractivity (Wildman–Crippen MR) is 119 cm³/mol. The summed E-state index contributed by atoms with van der Waals surface area (Å²) in [6, 6.07) is 8.77. The van der Waals surface area contributed by atoms with Crippen LogP contribution in [0.1, 0.15) is 54.2 Å². The van der Waals surface area contributed by atoms with E-state index in [0.717, 1.165) is 12.1 Å². The Morgan fingerprint density at radius 3 is 2.50 bits per heavy atom. The molecule has 8 heteroatoms. The first-order valence-electron chi connectivity index (χ1n) is 10.5. The van der Waals surface area contributed by atoms with Crippen LogP contribution in [0.25, 0.3) is 0 Å². The zero-order valence-corrected chi connectivity index (χ0v) is 18.7. The molecule has 2 aromatic carbocycles. The topological polar surface area (TPSA) is 87.8 Å². The van der Waals surface area contributed by atoms with E-state index >= 15 is 0 Å². The Hall–Kier alpha value is -3.29. The summed E-state index contributed by atoms with van der Waals surface area (Å²) in [5.41, 5.74) is 7.10. The predicted octanol–water partition coefficient (Wildman–Crippen LogP) is 3.66. The molecule has 1 aliphatic rings. The van der Waals surface area contributed by atoms with Gasteiger partial charge in [-0.1, -0.05) is 32.0 Å². The number of benzene rings is 2. The second-order valence-corrected chi connectivity index (χ2v) is 8.67. The zero-order valence-electron chi connectivity index (χ0n) is 18.7. The van der Waals surface area contributed by atoms with Crippen LogP contribution in [0.15, 0.2) is 41.4 Å². The highest BCUT2D eigenvalue weighted by Gasteiger charge is 2.38. The Balaban J connectivity index is 1.77. The van der Waals surface area contributed by atoms with Gasteiger partial charge in [-0.3, -0.25) is 14.5 Å². The average molecular weight is 443 g/mol. The molecule has 0 unspecified atom stereocenters. The molecule has 32 heavy (non-hydrogen) atoms. The number of rotatable bonds is 6. The molecule has 2 amide bonds. The van der Waals surface area contributed by atoms with Gasteiger partial charge in [-0.05, 0) is 49.1 Å². The number of guanidine groups is 1. The lowest BCUT2D eigenvalue weighted by Gasteiger charge is -2.37. The van der Waals surface area contributed by atoms with Crippen molar-refractivity contribution >= 4 is 17.8 Å². The highest BCUT2D eigenvalue weighted by molar-refractivity contribution is 5.99. The van der Waals surface area contributed by atoms with Gasteiger partial charge in [0.25, 0.3) is 5.91 Å². The maximum atomic E-state index is 13.8. The monoisotopic (exact) mass is 442 g/mol. The number of carbonyl (C=O) groups is 2. The molecule has 3 N–H and O–H groups in total. The van der Waals surface area contributed by atoms with E-state index in [1.165, 1.54) is 11.0 Å². The summed E-state index contributed by atoms with van der Waals surface area (Å²) >= 11 is 0. The summed E-state index contributed by atoms with van der Waals surface area (Å²) in [4.78, 5) is 31.4. The van der Waals surface area contributed by atoms with Gasteiger partial charge < -0.3 is 11.1 Å². The second kappa shape index (κ2) is 9.06. The average Bonchev–Trinajstić information content (AvgIpc) is 2.71. The van der Waals surface area contributed by atoms with Crippen molar-refractivity contribution in [2.45, 2.75) is 52.7 Å². The van der Waals surface area contributed by atoms with Crippen molar-refractivity contribution in [2.24, 2.45) is 16.6 Å². The van der Waals surface area contributed by atoms with E-state index in [9.17, 15) is 18.4 Å². The van der Waals surface area contributed by atoms with Gasteiger partial charge >= 0.3 is 0 Å². The number of hydrogen-bond donors (Lipinski definition) is 2. The molecule has 1 aliphatic heterocycles. The molecule has 0 aromatic heterocycles. The van der Waals surface area contributed by atoms with E-state index in [-0.39, 0.29) is 42.9 Å². The maximum Gasteiger partial charge on any atom is 0.251 e. The van der Waals surface area contributed by atoms with Crippen LogP contribution < -0.4 is 11.1 Å². The van der Waals surface area contributed by atoms with Crippen molar-refractivity contribution in [3.63, 3.8) is 0 Å². The lowest BCUT2D eigenvalue weighted by molar-refractivity contribution is -0.130. The summed E-state index contributed by atoms with van der Waals surface area (Å²) in [5, 5.41) is 2.56. The third-order valence-electron chi connectivity index (χ3n) is 6.08. The molecule has 0 saturated heterocycles. The number of amides is 2. The highest BCUT2D eigenvalue weighted by Crippen LogP contribution is 2.30. The van der Waals surface area contributed by atoms with E-state index in [1.807, 2.05) is 20.8 Å². The molecule has 1 atom stereocenters. The molecule has 2 aromatic rings. The summed E-state index contributed by atoms with van der Waals surface area (Å²) < 4.78 is 27.7. The summed E-state index contributed by atoms with van der Waals surface area (Å²) in [6.07, 6.45) is 0.249. The van der Waals surface area contributed by atoms with Crippen molar-refractivity contribution in [1.29, 1.82) is 0 Å². The fourth-order valence-corrected chi connectivity index (χ4v) is 3.55. The van der Waals surface area contributed by atoms with E-state index in [0.29, 0.717) is 16.7 Å². The Bertz CT molecular complexity index is 1060. The van der Waals surface area contributed by atoms with Crippen molar-refractivity contribution in [3.8, 4) is 0 Å². The van der Waals surface area contributed by atoms with Gasteiger partial charge in [-0.25, -0.2) is 13.8 Å². The van der Waals surface area contributed by atoms with Gasteiger partial charge in [0.15, 0.2) is 5.96 Å². The lowest BCUT2D eigenvalue weighted by atomic mass is 9.84. The Kier molecular flexibility index (Phi) is 6.62. The fraction of sp³-hybridized carbons (Fsp3) is 0.375. The molecule has 0 aliphatic carbocycles. The van der Waals surface area contributed by atoms with Crippen molar-refractivity contribution in [1.82, 2.24) is 10.2 Å². The van der Waals surface area contributed by atoms with Gasteiger partial charge in [0.1, 0.15) is 11.6 Å². The quantitative estimate of drug-likeness (QED) is 0.716. The number of carbonyl (C=O) groups excluding carboxylic acids is 2. The van der Waals surface area contributed by atoms with Crippen LogP contribution in [-0.4, -0.2) is 28.2 Å². The second-order valence-electron chi connectivity index (χ2n) is 8.67. The minimum Gasteiger partial charge on any atom is -0.369 e. The molecular formula is C24H28F2N4O2. The van der Waals surface area contributed by atoms with Crippen LogP contribution in [0.5, 0.6) is 0 Å². The van der Waals surface area contributed by atoms with Crippen LogP contribution in [0, 0.1) is 24.5 Å². The Morgan fingerprint density at radius 2 is 1.91 bits per heavy atom. The minimum absolute atomic E-state index is 0.129. The first kappa shape index (κ1) is 23.4. The Morgan fingerprint density at radius 1 is 1.25 bits per heavy atom. The zero-order chi connectivity index (χ0) is 23.6. The third-order valence-corrected chi connectivity index (χ3v) is 6.08. The van der Waals surface area contributed by atoms with Crippen LogP contribution in [0.3, 0.4) is 0 Å². The SMILES string of the molecule is Cc1ccc(CN2C(=O)C[C@@](C)(C(C)C)N=C2N)cc1C(=O)NCc1c(F)cccc1F. The van der Waals surface area contributed by atoms with E-state index in [1.54, 1.807) is 25.1 Å². The molecule has 1 heterocycles. The van der Waals surface area contributed by atoms with Gasteiger partial charge in [0.2, 0.25) is 5.91 Å². The Labute approximate surface area is 186 Å². The largest absolute Gasteiger partial charge is 0.369 e. The maximum absolute atomic E-state index is 13.8. The lowest BCUT2D eigenvalue weighted by Crippen LogP contribution is -2.51. The van der Waals surface area contributed by atoms with Crippen LogP contribution in [0.2, 0.25) is 0 Å². The standard InChI is InChI=1S/C24H28F2N4O2/c1-14(2)24(4)11-21(31)30(23(27)29-24)13-16-9-8-15(3)17(10-16)22(32)28-12-18-19(25)6-5-7-20(18)26/h5-10,14H,11-13H2,1-4H3,(H2,27,29)(H,28,32)/t24-/m0/s1. The van der Waals surface area contributed by atoms with Crippen LogP contribution >= 0.6 is 0 Å². The van der Waals surface area contributed by atoms with Crippen molar-refractivity contribution in [3.05, 3.63) is 70.3 Å². The van der Waals surface area contributed by atoms with Gasteiger partial charge in [0, 0.05) is 17.7 Å². The van der Waals surface area contributed by atoms with E-state index in [2.05, 4.69) is 10.3 Å². The molecule has 0 fully saturated rings. The summed E-state index contributed by atoms with van der Waals surface area (Å²) in [6.45, 7) is 7.56. The van der Waals surface area contributed by atoms with Gasteiger partial charge in [-0.15, -0.1) is 0 Å². The van der Waals surface area contributed by atoms with Crippen molar-refractivity contribution < 1.29 is 18.4 Å². The molecule has 0 radical (unpaired) electrons. The molecular weight excluding hydrogens is 414 g/mol. The third kappa shape index (κ3) is 4.79. The highest BCUT2D eigenvalue weighted by atomic mass is 19.1. The number of hydrogen-bond acceptors (Lipinski definition) is 4. The van der Waals surface area contributed by atoms with Crippen molar-refractivity contribution in [2.75, 3.05) is 0 Å². The van der Waals surface area contributed by atoms with Crippen LogP contribution in [-0.2, 0) is 17.9 Å². The molecule has 6 nitrogen and oxygen atoms in total. The normalized spacial score (nSPS) is 18.7. The number of nitrogens with one attached hydrogen (secondary N) is 1. The first-order valence-corrected chi connectivity index (χ1v) is 10.5. The van der Waals surface area contributed by atoms with Gasteiger partial charge in [0.05, 0.1) is 18.5 Å². The van der Waals surface area contributed by atoms with Gasteiger partial charge in [-0.2, -0.15) is 0 Å². The summed E-state index contributed by atoms with van der Waals surface area (Å²) in [7, 11) is 0. The minimum atomic E-state index is -0.720. The number of halogens is 2. The van der Waals surface area contributed by atoms with Crippen LogP contribution in [0.4, 0.5) is 8.78 Å². The molecule has 170 valence electrons. The van der Waals surface area contributed by atoms with E-state index < -0.39 is 23.1 Å². The first-order chi connectivity index (χ1) is 15.0. The molecule has 3 rings (SSSR count). The molecule has 0 spiro atoms. The van der Waals surface area contributed by atoms with E-state index in [4.69, 9.17) is 5.73 Å². The fourth-order valence-electron chi connectivity index (χ4n) is 3.55. The smallest absolute Gasteiger partial charge is 0.251 e. The number of aryl methyl sites for hydroxylation is 1. The summed E-state index contributed by atoms with van der Waals surface area (Å²) in [5.74, 6) is -1.73. The molecule has 0 saturated carbocycles.